The van der Waals surface area contributed by atoms with Crippen molar-refractivity contribution in [2.24, 2.45) is 4.99 Å². The Balaban J connectivity index is 1.87. The van der Waals surface area contributed by atoms with Crippen LogP contribution in [0.4, 0.5) is 0 Å². The molecular formula is C19H17BrN2O5S. The van der Waals surface area contributed by atoms with Crippen LogP contribution in [0.2, 0.25) is 0 Å². The molecule has 0 saturated carbocycles. The van der Waals surface area contributed by atoms with Crippen molar-refractivity contribution < 1.29 is 23.8 Å². The summed E-state index contributed by atoms with van der Waals surface area (Å²) >= 11 is 4.73. The van der Waals surface area contributed by atoms with E-state index in [4.69, 9.17) is 14.2 Å². The molecule has 0 spiro atoms. The van der Waals surface area contributed by atoms with Gasteiger partial charge in [-0.05, 0) is 30.3 Å². The molecule has 0 unspecified atom stereocenters. The van der Waals surface area contributed by atoms with E-state index < -0.39 is 11.9 Å². The third kappa shape index (κ3) is 4.79. The van der Waals surface area contributed by atoms with Gasteiger partial charge < -0.3 is 18.8 Å². The molecule has 1 heterocycles. The molecule has 3 rings (SSSR count). The number of thiazole rings is 1. The van der Waals surface area contributed by atoms with Crippen molar-refractivity contribution in [3.05, 3.63) is 51.7 Å². The van der Waals surface area contributed by atoms with Gasteiger partial charge in [0.15, 0.2) is 11.4 Å². The Bertz CT molecular complexity index is 1090. The third-order valence-corrected chi connectivity index (χ3v) is 5.32. The van der Waals surface area contributed by atoms with Crippen LogP contribution in [0.25, 0.3) is 10.2 Å². The van der Waals surface area contributed by atoms with Crippen molar-refractivity contribution in [3.63, 3.8) is 0 Å². The monoisotopic (exact) mass is 464 g/mol. The fraction of sp³-hybridized carbons (Fsp3) is 0.211. The van der Waals surface area contributed by atoms with Gasteiger partial charge in [0, 0.05) is 10.5 Å². The Labute approximate surface area is 173 Å². The van der Waals surface area contributed by atoms with Crippen LogP contribution in [0.1, 0.15) is 0 Å². The summed E-state index contributed by atoms with van der Waals surface area (Å²) in [5.41, 5.74) is 0.791. The van der Waals surface area contributed by atoms with Crippen molar-refractivity contribution >= 4 is 49.4 Å². The van der Waals surface area contributed by atoms with Crippen LogP contribution in [0.5, 0.6) is 11.5 Å². The van der Waals surface area contributed by atoms with E-state index in [9.17, 15) is 9.59 Å². The number of benzene rings is 2. The molecule has 0 aliphatic carbocycles. The van der Waals surface area contributed by atoms with E-state index in [-0.39, 0.29) is 13.2 Å². The number of rotatable bonds is 6. The van der Waals surface area contributed by atoms with E-state index in [1.165, 1.54) is 18.4 Å². The molecule has 3 aromatic rings. The van der Waals surface area contributed by atoms with Gasteiger partial charge in [0.25, 0.3) is 5.91 Å². The Morgan fingerprint density at radius 2 is 1.93 bits per heavy atom. The standard InChI is InChI=1S/C19H17BrN2O5S/c1-25-13-4-3-5-14(9-13)27-11-17(23)21-19-22(10-18(24)26-2)15-7-6-12(20)8-16(15)28-19/h3-9H,10-11H2,1-2H3. The maximum absolute atomic E-state index is 12.3. The molecule has 28 heavy (non-hydrogen) atoms. The molecule has 2 aromatic carbocycles. The second-order valence-corrected chi connectivity index (χ2v) is 7.56. The normalized spacial score (nSPS) is 11.5. The van der Waals surface area contributed by atoms with E-state index in [2.05, 4.69) is 20.9 Å². The number of hydrogen-bond donors (Lipinski definition) is 0. The first-order chi connectivity index (χ1) is 13.5. The molecule has 0 radical (unpaired) electrons. The molecule has 0 bridgehead atoms. The SMILES string of the molecule is COC(=O)Cn1c(=NC(=O)COc2cccc(OC)c2)sc2cc(Br)ccc21. The molecule has 0 saturated heterocycles. The lowest BCUT2D eigenvalue weighted by Gasteiger charge is -2.06. The van der Waals surface area contributed by atoms with E-state index in [1.54, 1.807) is 35.9 Å². The Kier molecular flexibility index (Phi) is 6.48. The summed E-state index contributed by atoms with van der Waals surface area (Å²) in [4.78, 5) is 28.7. The average molecular weight is 465 g/mol. The Hall–Kier alpha value is -2.65. The van der Waals surface area contributed by atoms with Gasteiger partial charge in [0.05, 0.1) is 24.4 Å². The Morgan fingerprint density at radius 3 is 2.68 bits per heavy atom. The summed E-state index contributed by atoms with van der Waals surface area (Å²) in [6.07, 6.45) is 0. The number of methoxy groups -OCH3 is 2. The van der Waals surface area contributed by atoms with Crippen LogP contribution in [-0.4, -0.2) is 37.3 Å². The lowest BCUT2D eigenvalue weighted by Crippen LogP contribution is -2.23. The van der Waals surface area contributed by atoms with Crippen molar-refractivity contribution in [2.45, 2.75) is 6.54 Å². The molecule has 1 amide bonds. The number of fused-ring (bicyclic) bond motifs is 1. The average Bonchev–Trinajstić information content (AvgIpc) is 3.02. The molecule has 0 aliphatic rings. The number of amides is 1. The molecule has 0 atom stereocenters. The number of carbonyl (C=O) groups excluding carboxylic acids is 2. The smallest absolute Gasteiger partial charge is 0.325 e. The zero-order chi connectivity index (χ0) is 20.1. The van der Waals surface area contributed by atoms with Crippen molar-refractivity contribution in [3.8, 4) is 11.5 Å². The van der Waals surface area contributed by atoms with E-state index in [1.807, 2.05) is 18.2 Å². The molecule has 0 aliphatic heterocycles. The lowest BCUT2D eigenvalue weighted by molar-refractivity contribution is -0.141. The van der Waals surface area contributed by atoms with Gasteiger partial charge in [-0.15, -0.1) is 0 Å². The van der Waals surface area contributed by atoms with Gasteiger partial charge in [0.2, 0.25) is 0 Å². The summed E-state index contributed by atoms with van der Waals surface area (Å²) in [7, 11) is 2.87. The van der Waals surface area contributed by atoms with Crippen molar-refractivity contribution in [1.29, 1.82) is 0 Å². The van der Waals surface area contributed by atoms with Crippen LogP contribution in [0, 0.1) is 0 Å². The van der Waals surface area contributed by atoms with Crippen molar-refractivity contribution in [1.82, 2.24) is 4.57 Å². The highest BCUT2D eigenvalue weighted by Gasteiger charge is 2.12. The maximum Gasteiger partial charge on any atom is 0.325 e. The molecule has 146 valence electrons. The number of halogens is 1. The van der Waals surface area contributed by atoms with Crippen LogP contribution >= 0.6 is 27.3 Å². The summed E-state index contributed by atoms with van der Waals surface area (Å²) in [5, 5.41) is 0. The van der Waals surface area contributed by atoms with Gasteiger partial charge in [-0.1, -0.05) is 33.3 Å². The largest absolute Gasteiger partial charge is 0.497 e. The van der Waals surface area contributed by atoms with Crippen LogP contribution < -0.4 is 14.3 Å². The lowest BCUT2D eigenvalue weighted by atomic mass is 10.3. The third-order valence-electron chi connectivity index (χ3n) is 3.78. The fourth-order valence-corrected chi connectivity index (χ4v) is 4.05. The minimum Gasteiger partial charge on any atom is -0.497 e. The van der Waals surface area contributed by atoms with Crippen LogP contribution in [-0.2, 0) is 20.9 Å². The predicted octanol–water partition coefficient (Wildman–Crippen LogP) is 3.15. The second-order valence-electron chi connectivity index (χ2n) is 5.63. The molecule has 9 heteroatoms. The first-order valence-electron chi connectivity index (χ1n) is 8.20. The van der Waals surface area contributed by atoms with Crippen molar-refractivity contribution in [2.75, 3.05) is 20.8 Å². The quantitative estimate of drug-likeness (QED) is 0.523. The molecule has 7 nitrogen and oxygen atoms in total. The zero-order valence-corrected chi connectivity index (χ0v) is 17.6. The van der Waals surface area contributed by atoms with Crippen LogP contribution in [0.3, 0.4) is 0 Å². The maximum atomic E-state index is 12.3. The highest BCUT2D eigenvalue weighted by Crippen LogP contribution is 2.22. The number of esters is 1. The van der Waals surface area contributed by atoms with Gasteiger partial charge >= 0.3 is 5.97 Å². The summed E-state index contributed by atoms with van der Waals surface area (Å²) in [5.74, 6) is 0.245. The molecule has 0 fully saturated rings. The fourth-order valence-electron chi connectivity index (χ4n) is 2.45. The van der Waals surface area contributed by atoms with Gasteiger partial charge in [-0.3, -0.25) is 9.59 Å². The summed E-state index contributed by atoms with van der Waals surface area (Å²) in [6.45, 7) is -0.273. The van der Waals surface area contributed by atoms with E-state index in [0.717, 1.165) is 14.7 Å². The minimum atomic E-state index is -0.466. The first kappa shape index (κ1) is 20.1. The topological polar surface area (TPSA) is 79.1 Å². The first-order valence-corrected chi connectivity index (χ1v) is 9.81. The van der Waals surface area contributed by atoms with E-state index in [0.29, 0.717) is 16.3 Å². The highest BCUT2D eigenvalue weighted by atomic mass is 79.9. The van der Waals surface area contributed by atoms with Gasteiger partial charge in [0.1, 0.15) is 18.0 Å². The highest BCUT2D eigenvalue weighted by molar-refractivity contribution is 9.10. The number of nitrogens with zero attached hydrogens (tertiary/aromatic N) is 2. The van der Waals surface area contributed by atoms with Gasteiger partial charge in [-0.2, -0.15) is 4.99 Å². The predicted molar refractivity (Wildman–Crippen MR) is 109 cm³/mol. The number of ether oxygens (including phenoxy) is 3. The molecule has 0 N–H and O–H groups in total. The Morgan fingerprint density at radius 1 is 1.14 bits per heavy atom. The minimum absolute atomic E-state index is 0.0407. The number of aromatic nitrogens is 1. The number of carbonyl (C=O) groups is 2. The number of hydrogen-bond acceptors (Lipinski definition) is 6. The van der Waals surface area contributed by atoms with Crippen LogP contribution in [0.15, 0.2) is 51.9 Å². The molecule has 1 aromatic heterocycles. The molecular weight excluding hydrogens is 448 g/mol. The zero-order valence-electron chi connectivity index (χ0n) is 15.2. The van der Waals surface area contributed by atoms with Gasteiger partial charge in [-0.25, -0.2) is 0 Å². The summed E-state index contributed by atoms with van der Waals surface area (Å²) in [6, 6.07) is 12.6. The second kappa shape index (κ2) is 9.03. The van der Waals surface area contributed by atoms with E-state index >= 15 is 0 Å². The summed E-state index contributed by atoms with van der Waals surface area (Å²) < 4.78 is 18.8.